The molecule has 0 spiro atoms. The van der Waals surface area contributed by atoms with Crippen LogP contribution in [0.15, 0.2) is 35.7 Å². The molecule has 18 heavy (non-hydrogen) atoms. The number of ether oxygens (including phenoxy) is 1. The number of esters is 1. The van der Waals surface area contributed by atoms with Crippen LogP contribution in [0.4, 0.5) is 0 Å². The van der Waals surface area contributed by atoms with Gasteiger partial charge in [-0.2, -0.15) is 0 Å². The number of hydrogen-bond donors (Lipinski definition) is 0. The van der Waals surface area contributed by atoms with Crippen molar-refractivity contribution in [3.05, 3.63) is 42.0 Å². The van der Waals surface area contributed by atoms with E-state index in [-0.39, 0.29) is 17.6 Å². The summed E-state index contributed by atoms with van der Waals surface area (Å²) in [7, 11) is 0. The third kappa shape index (κ3) is 2.64. The summed E-state index contributed by atoms with van der Waals surface area (Å²) in [5, 5.41) is 0.265. The molecule has 94 valence electrons. The first kappa shape index (κ1) is 12.9. The fraction of sp³-hybridized carbons (Fsp3) is 0.286. The van der Waals surface area contributed by atoms with E-state index in [1.165, 1.54) is 0 Å². The number of hydrogen-bond acceptors (Lipinski definition) is 4. The molecule has 0 aromatic heterocycles. The second-order valence-electron chi connectivity index (χ2n) is 4.16. The summed E-state index contributed by atoms with van der Waals surface area (Å²) in [6.45, 7) is 5.56. The highest BCUT2D eigenvalue weighted by molar-refractivity contribution is 8.00. The Bertz CT molecular complexity index is 508. The number of thioether (sulfide) groups is 1. The number of ketones is 1. The molecule has 2 rings (SSSR count). The Labute approximate surface area is 110 Å². The molecular formula is C14H14O3S. The molecule has 0 N–H and O–H groups in total. The van der Waals surface area contributed by atoms with Crippen LogP contribution in [0.3, 0.4) is 0 Å². The Morgan fingerprint density at radius 1 is 1.61 bits per heavy atom. The molecule has 0 aliphatic carbocycles. The van der Waals surface area contributed by atoms with Gasteiger partial charge in [0.2, 0.25) is 0 Å². The van der Waals surface area contributed by atoms with Gasteiger partial charge in [0.1, 0.15) is 6.61 Å². The summed E-state index contributed by atoms with van der Waals surface area (Å²) < 4.78 is 5.03. The molecule has 1 aliphatic heterocycles. The fourth-order valence-corrected chi connectivity index (χ4v) is 3.10. The molecule has 1 heterocycles. The number of carbonyl (C=O) groups excluding carboxylic acids is 2. The Morgan fingerprint density at radius 3 is 3.11 bits per heavy atom. The van der Waals surface area contributed by atoms with Gasteiger partial charge in [0.25, 0.3) is 0 Å². The molecule has 0 saturated carbocycles. The minimum Gasteiger partial charge on any atom is -0.458 e. The van der Waals surface area contributed by atoms with E-state index in [2.05, 4.69) is 6.58 Å². The minimum absolute atomic E-state index is 0.160. The molecule has 1 aromatic carbocycles. The number of carbonyl (C=O) groups is 2. The van der Waals surface area contributed by atoms with Crippen LogP contribution in [-0.2, 0) is 16.1 Å². The third-order valence-electron chi connectivity index (χ3n) is 2.73. The summed E-state index contributed by atoms with van der Waals surface area (Å²) in [6.07, 6.45) is 1.70. The number of fused-ring (bicyclic) bond motifs is 1. The quantitative estimate of drug-likeness (QED) is 0.620. The van der Waals surface area contributed by atoms with Crippen LogP contribution in [0, 0.1) is 0 Å². The molecule has 1 atom stereocenters. The van der Waals surface area contributed by atoms with Crippen LogP contribution in [-0.4, -0.2) is 17.0 Å². The molecule has 1 aromatic rings. The van der Waals surface area contributed by atoms with Crippen LogP contribution in [0.2, 0.25) is 0 Å². The SMILES string of the molecule is C=CC(=O)OCc1cccc2c1SC(C)CC2=O. The van der Waals surface area contributed by atoms with Crippen molar-refractivity contribution in [2.45, 2.75) is 30.1 Å². The highest BCUT2D eigenvalue weighted by Gasteiger charge is 2.25. The molecule has 0 saturated heterocycles. The van der Waals surface area contributed by atoms with Gasteiger partial charge in [-0.1, -0.05) is 31.7 Å². The van der Waals surface area contributed by atoms with Crippen molar-refractivity contribution in [2.24, 2.45) is 0 Å². The molecule has 1 aliphatic rings. The lowest BCUT2D eigenvalue weighted by molar-refractivity contribution is -0.139. The maximum absolute atomic E-state index is 11.9. The van der Waals surface area contributed by atoms with Crippen LogP contribution < -0.4 is 0 Å². The second kappa shape index (κ2) is 5.40. The summed E-state index contributed by atoms with van der Waals surface area (Å²) in [4.78, 5) is 23.9. The number of rotatable bonds is 3. The van der Waals surface area contributed by atoms with Gasteiger partial charge in [0, 0.05) is 33.8 Å². The van der Waals surface area contributed by atoms with Crippen molar-refractivity contribution in [1.82, 2.24) is 0 Å². The van der Waals surface area contributed by atoms with Crippen LogP contribution >= 0.6 is 11.8 Å². The van der Waals surface area contributed by atoms with Crippen molar-refractivity contribution in [2.75, 3.05) is 0 Å². The van der Waals surface area contributed by atoms with E-state index in [0.29, 0.717) is 6.42 Å². The van der Waals surface area contributed by atoms with Gasteiger partial charge in [-0.05, 0) is 0 Å². The van der Waals surface area contributed by atoms with E-state index in [0.717, 1.165) is 22.1 Å². The lowest BCUT2D eigenvalue weighted by Gasteiger charge is -2.22. The van der Waals surface area contributed by atoms with E-state index in [1.807, 2.05) is 25.1 Å². The first-order valence-electron chi connectivity index (χ1n) is 5.72. The molecule has 3 nitrogen and oxygen atoms in total. The van der Waals surface area contributed by atoms with Crippen molar-refractivity contribution in [3.63, 3.8) is 0 Å². The van der Waals surface area contributed by atoms with E-state index in [4.69, 9.17) is 4.74 Å². The van der Waals surface area contributed by atoms with Crippen molar-refractivity contribution in [3.8, 4) is 0 Å². The van der Waals surface area contributed by atoms with Gasteiger partial charge in [0.05, 0.1) is 0 Å². The van der Waals surface area contributed by atoms with E-state index < -0.39 is 5.97 Å². The van der Waals surface area contributed by atoms with E-state index in [9.17, 15) is 9.59 Å². The van der Waals surface area contributed by atoms with Crippen molar-refractivity contribution in [1.29, 1.82) is 0 Å². The van der Waals surface area contributed by atoms with Gasteiger partial charge >= 0.3 is 5.97 Å². The van der Waals surface area contributed by atoms with E-state index >= 15 is 0 Å². The number of Topliss-reactive ketones (excluding diaryl/α,β-unsaturated/α-hetero) is 1. The van der Waals surface area contributed by atoms with Crippen LogP contribution in [0.25, 0.3) is 0 Å². The predicted molar refractivity (Wildman–Crippen MR) is 70.7 cm³/mol. The lowest BCUT2D eigenvalue weighted by atomic mass is 10.0. The van der Waals surface area contributed by atoms with Gasteiger partial charge in [-0.25, -0.2) is 4.79 Å². The molecule has 1 unspecified atom stereocenters. The summed E-state index contributed by atoms with van der Waals surface area (Å²) in [5.41, 5.74) is 1.62. The first-order valence-corrected chi connectivity index (χ1v) is 6.60. The highest BCUT2D eigenvalue weighted by Crippen LogP contribution is 2.37. The zero-order chi connectivity index (χ0) is 13.1. The average molecular weight is 262 g/mol. The topological polar surface area (TPSA) is 43.4 Å². The monoisotopic (exact) mass is 262 g/mol. The Balaban J connectivity index is 2.27. The average Bonchev–Trinajstić information content (AvgIpc) is 2.36. The maximum atomic E-state index is 11.9. The fourth-order valence-electron chi connectivity index (χ4n) is 1.88. The normalized spacial score (nSPS) is 18.1. The van der Waals surface area contributed by atoms with Gasteiger partial charge in [0.15, 0.2) is 5.78 Å². The van der Waals surface area contributed by atoms with Gasteiger partial charge in [-0.3, -0.25) is 4.79 Å². The molecule has 4 heteroatoms. The minimum atomic E-state index is -0.451. The highest BCUT2D eigenvalue weighted by atomic mass is 32.2. The van der Waals surface area contributed by atoms with Gasteiger partial charge < -0.3 is 4.74 Å². The molecule has 0 radical (unpaired) electrons. The smallest absolute Gasteiger partial charge is 0.330 e. The molecule has 0 amide bonds. The zero-order valence-electron chi connectivity index (χ0n) is 10.1. The van der Waals surface area contributed by atoms with E-state index in [1.54, 1.807) is 11.8 Å². The molecule has 0 bridgehead atoms. The second-order valence-corrected chi connectivity index (χ2v) is 5.61. The third-order valence-corrected chi connectivity index (χ3v) is 4.01. The van der Waals surface area contributed by atoms with Crippen LogP contribution in [0.1, 0.15) is 29.3 Å². The van der Waals surface area contributed by atoms with Gasteiger partial charge in [-0.15, -0.1) is 11.8 Å². The summed E-state index contributed by atoms with van der Waals surface area (Å²) in [5.74, 6) is -0.291. The molecule has 0 fully saturated rings. The Hall–Kier alpha value is -1.55. The standard InChI is InChI=1S/C14H14O3S/c1-3-13(16)17-8-10-5-4-6-11-12(15)7-9(2)18-14(10)11/h3-6,9H,1,7-8H2,2H3. The maximum Gasteiger partial charge on any atom is 0.330 e. The first-order chi connectivity index (χ1) is 8.61. The Kier molecular flexibility index (Phi) is 3.87. The number of benzene rings is 1. The lowest BCUT2D eigenvalue weighted by Crippen LogP contribution is -2.16. The molecular weight excluding hydrogens is 248 g/mol. The predicted octanol–water partition coefficient (Wildman–Crippen LogP) is 2.98. The summed E-state index contributed by atoms with van der Waals surface area (Å²) in [6, 6.07) is 5.53. The zero-order valence-corrected chi connectivity index (χ0v) is 11.0. The Morgan fingerprint density at radius 2 is 2.39 bits per heavy atom. The van der Waals surface area contributed by atoms with Crippen molar-refractivity contribution >= 4 is 23.5 Å². The summed E-state index contributed by atoms with van der Waals surface area (Å²) >= 11 is 1.66. The van der Waals surface area contributed by atoms with Crippen molar-refractivity contribution < 1.29 is 14.3 Å². The largest absolute Gasteiger partial charge is 0.458 e. The van der Waals surface area contributed by atoms with Crippen LogP contribution in [0.5, 0.6) is 0 Å².